The second-order valence-corrected chi connectivity index (χ2v) is 6.64. The lowest BCUT2D eigenvalue weighted by molar-refractivity contribution is 1.19. The van der Waals surface area contributed by atoms with Gasteiger partial charge in [-0.05, 0) is 12.1 Å². The van der Waals surface area contributed by atoms with Gasteiger partial charge in [0.25, 0.3) is 0 Å². The third kappa shape index (κ3) is 1.76. The van der Waals surface area contributed by atoms with Crippen molar-refractivity contribution in [2.75, 3.05) is 0 Å². The van der Waals surface area contributed by atoms with E-state index in [1.165, 1.54) is 9.79 Å². The van der Waals surface area contributed by atoms with Crippen LogP contribution < -0.4 is 0 Å². The SMILES string of the molecule is SC1Sc2ccccc2SC1S. The molecule has 0 aromatic heterocycles. The lowest BCUT2D eigenvalue weighted by Gasteiger charge is -2.24. The predicted molar refractivity (Wildman–Crippen MR) is 63.7 cm³/mol. The van der Waals surface area contributed by atoms with Gasteiger partial charge in [0.2, 0.25) is 0 Å². The quantitative estimate of drug-likeness (QED) is 0.658. The van der Waals surface area contributed by atoms with Gasteiger partial charge in [-0.2, -0.15) is 25.3 Å². The average molecular weight is 232 g/mol. The van der Waals surface area contributed by atoms with Gasteiger partial charge in [0, 0.05) is 9.79 Å². The number of benzene rings is 1. The fraction of sp³-hybridized carbons (Fsp3) is 0.250. The Balaban J connectivity index is 2.34. The van der Waals surface area contributed by atoms with Gasteiger partial charge < -0.3 is 0 Å². The molecule has 1 aliphatic heterocycles. The molecule has 0 N–H and O–H groups in total. The van der Waals surface area contributed by atoms with E-state index < -0.39 is 0 Å². The molecule has 64 valence electrons. The van der Waals surface area contributed by atoms with Gasteiger partial charge in [-0.25, -0.2) is 0 Å². The van der Waals surface area contributed by atoms with Crippen LogP contribution in [0.2, 0.25) is 0 Å². The van der Waals surface area contributed by atoms with Crippen LogP contribution in [-0.4, -0.2) is 9.16 Å². The maximum Gasteiger partial charge on any atom is 0.0730 e. The van der Waals surface area contributed by atoms with Crippen LogP contribution in [0.15, 0.2) is 34.1 Å². The van der Waals surface area contributed by atoms with Crippen LogP contribution in [0, 0.1) is 0 Å². The first-order valence-electron chi connectivity index (χ1n) is 3.56. The molecule has 2 unspecified atom stereocenters. The van der Waals surface area contributed by atoms with E-state index >= 15 is 0 Å². The van der Waals surface area contributed by atoms with Crippen LogP contribution in [-0.2, 0) is 0 Å². The van der Waals surface area contributed by atoms with Gasteiger partial charge in [-0.15, -0.1) is 23.5 Å². The molecule has 0 saturated carbocycles. The molecule has 0 nitrogen and oxygen atoms in total. The molecule has 0 fully saturated rings. The maximum atomic E-state index is 4.45. The summed E-state index contributed by atoms with van der Waals surface area (Å²) in [4.78, 5) is 2.65. The standard InChI is InChI=1S/C8H8S4/c9-7-8(10)12-6-4-2-1-3-5(6)11-7/h1-4,7-10H. The van der Waals surface area contributed by atoms with Gasteiger partial charge in [0.05, 0.1) is 9.16 Å². The van der Waals surface area contributed by atoms with Crippen molar-refractivity contribution >= 4 is 48.8 Å². The van der Waals surface area contributed by atoms with Crippen LogP contribution in [0.4, 0.5) is 0 Å². The van der Waals surface area contributed by atoms with Gasteiger partial charge in [-0.3, -0.25) is 0 Å². The van der Waals surface area contributed by atoms with Crippen molar-refractivity contribution in [3.05, 3.63) is 24.3 Å². The fourth-order valence-electron chi connectivity index (χ4n) is 1.02. The van der Waals surface area contributed by atoms with Crippen LogP contribution in [0.3, 0.4) is 0 Å². The van der Waals surface area contributed by atoms with Gasteiger partial charge in [0.1, 0.15) is 0 Å². The van der Waals surface area contributed by atoms with E-state index in [4.69, 9.17) is 0 Å². The molecule has 0 radical (unpaired) electrons. The van der Waals surface area contributed by atoms with Crippen molar-refractivity contribution in [3.8, 4) is 0 Å². The fourth-order valence-corrected chi connectivity index (χ4v) is 4.13. The van der Waals surface area contributed by atoms with E-state index in [1.54, 1.807) is 23.5 Å². The minimum Gasteiger partial charge on any atom is -0.162 e. The van der Waals surface area contributed by atoms with Crippen LogP contribution in [0.5, 0.6) is 0 Å². The normalized spacial score (nSPS) is 28.2. The van der Waals surface area contributed by atoms with E-state index in [2.05, 4.69) is 49.5 Å². The summed E-state index contributed by atoms with van der Waals surface area (Å²) in [6.07, 6.45) is 0. The second kappa shape index (κ2) is 3.78. The minimum absolute atomic E-state index is 0.299. The van der Waals surface area contributed by atoms with Crippen molar-refractivity contribution in [3.63, 3.8) is 0 Å². The van der Waals surface area contributed by atoms with Crippen molar-refractivity contribution in [2.24, 2.45) is 0 Å². The maximum absolute atomic E-state index is 4.45. The summed E-state index contributed by atoms with van der Waals surface area (Å²) in [6, 6.07) is 8.39. The molecule has 0 aliphatic carbocycles. The molecule has 1 aromatic rings. The van der Waals surface area contributed by atoms with Crippen molar-refractivity contribution in [1.29, 1.82) is 0 Å². The smallest absolute Gasteiger partial charge is 0.0730 e. The number of hydrogen-bond acceptors (Lipinski definition) is 4. The van der Waals surface area contributed by atoms with Crippen LogP contribution in [0.25, 0.3) is 0 Å². The van der Waals surface area contributed by atoms with E-state index in [-0.39, 0.29) is 0 Å². The number of thiol groups is 2. The molecule has 0 amide bonds. The van der Waals surface area contributed by atoms with E-state index in [0.29, 0.717) is 9.16 Å². The molecule has 1 heterocycles. The zero-order valence-corrected chi connectivity index (χ0v) is 9.60. The summed E-state index contributed by atoms with van der Waals surface area (Å²) in [6.45, 7) is 0. The highest BCUT2D eigenvalue weighted by Crippen LogP contribution is 2.47. The number of hydrogen-bond donors (Lipinski definition) is 2. The van der Waals surface area contributed by atoms with Crippen LogP contribution in [0.1, 0.15) is 0 Å². The Morgan fingerprint density at radius 3 is 1.75 bits per heavy atom. The first-order valence-corrected chi connectivity index (χ1v) is 6.35. The first kappa shape index (κ1) is 9.19. The highest BCUT2D eigenvalue weighted by atomic mass is 32.2. The lowest BCUT2D eigenvalue weighted by atomic mass is 10.4. The highest BCUT2D eigenvalue weighted by molar-refractivity contribution is 8.18. The molecule has 2 atom stereocenters. The lowest BCUT2D eigenvalue weighted by Crippen LogP contribution is -2.11. The Bertz CT molecular complexity index is 257. The Kier molecular flexibility index (Phi) is 2.89. The zero-order chi connectivity index (χ0) is 8.55. The summed E-state index contributed by atoms with van der Waals surface area (Å²) < 4.78 is 0.599. The van der Waals surface area contributed by atoms with Crippen molar-refractivity contribution in [2.45, 2.75) is 19.0 Å². The summed E-state index contributed by atoms with van der Waals surface area (Å²) in [7, 11) is 0. The molecular weight excluding hydrogens is 224 g/mol. The van der Waals surface area contributed by atoms with Gasteiger partial charge in [0.15, 0.2) is 0 Å². The largest absolute Gasteiger partial charge is 0.162 e. The summed E-state index contributed by atoms with van der Waals surface area (Å²) in [5.41, 5.74) is 0. The third-order valence-corrected chi connectivity index (χ3v) is 6.00. The van der Waals surface area contributed by atoms with Crippen molar-refractivity contribution in [1.82, 2.24) is 0 Å². The Hall–Kier alpha value is 0.620. The van der Waals surface area contributed by atoms with Gasteiger partial charge in [-0.1, -0.05) is 12.1 Å². The molecular formula is C8H8S4. The Labute approximate surface area is 91.7 Å². The average Bonchev–Trinajstić information content (AvgIpc) is 2.07. The van der Waals surface area contributed by atoms with Crippen LogP contribution >= 0.6 is 48.8 Å². The summed E-state index contributed by atoms with van der Waals surface area (Å²) in [5.74, 6) is 0. The van der Waals surface area contributed by atoms with Gasteiger partial charge >= 0.3 is 0 Å². The second-order valence-electron chi connectivity index (χ2n) is 2.46. The topological polar surface area (TPSA) is 0 Å². The molecule has 12 heavy (non-hydrogen) atoms. The number of thioether (sulfide) groups is 2. The highest BCUT2D eigenvalue weighted by Gasteiger charge is 2.23. The molecule has 1 aromatic carbocycles. The minimum atomic E-state index is 0.299. The molecule has 4 heteroatoms. The molecule has 0 bridgehead atoms. The molecule has 0 spiro atoms. The summed E-state index contributed by atoms with van der Waals surface area (Å²) in [5, 5.41) is 0. The number of fused-ring (bicyclic) bond motifs is 1. The zero-order valence-electron chi connectivity index (χ0n) is 6.18. The third-order valence-electron chi connectivity index (χ3n) is 1.59. The molecule has 0 saturated heterocycles. The van der Waals surface area contributed by atoms with E-state index in [9.17, 15) is 0 Å². The molecule has 2 rings (SSSR count). The monoisotopic (exact) mass is 232 g/mol. The van der Waals surface area contributed by atoms with Crippen molar-refractivity contribution < 1.29 is 0 Å². The number of rotatable bonds is 0. The Morgan fingerprint density at radius 2 is 1.33 bits per heavy atom. The Morgan fingerprint density at radius 1 is 0.917 bits per heavy atom. The molecule has 1 aliphatic rings. The van der Waals surface area contributed by atoms with E-state index in [0.717, 1.165) is 0 Å². The predicted octanol–water partition coefficient (Wildman–Crippen LogP) is 3.40. The first-order chi connectivity index (χ1) is 5.77. The summed E-state index contributed by atoms with van der Waals surface area (Å²) >= 11 is 12.5. The van der Waals surface area contributed by atoms with E-state index in [1.807, 2.05) is 0 Å².